The van der Waals surface area contributed by atoms with Crippen molar-refractivity contribution in [3.8, 4) is 0 Å². The molecule has 1 aromatic heterocycles. The highest BCUT2D eigenvalue weighted by atomic mass is 32.2. The van der Waals surface area contributed by atoms with Crippen molar-refractivity contribution in [3.63, 3.8) is 0 Å². The SMILES string of the molecule is CSC(=N\N)/N=C(\C)c1cc2ccccc2o1. The molecule has 2 N–H and O–H groups in total. The molecule has 0 amide bonds. The average Bonchev–Trinajstić information content (AvgIpc) is 2.79. The number of benzene rings is 1. The summed E-state index contributed by atoms with van der Waals surface area (Å²) in [5.74, 6) is 5.95. The topological polar surface area (TPSA) is 63.9 Å². The number of hydrogen-bond donors (Lipinski definition) is 1. The van der Waals surface area contributed by atoms with Gasteiger partial charge >= 0.3 is 0 Å². The maximum atomic E-state index is 5.68. The molecule has 2 rings (SSSR count). The lowest BCUT2D eigenvalue weighted by Crippen LogP contribution is -1.99. The van der Waals surface area contributed by atoms with E-state index in [2.05, 4.69) is 10.1 Å². The van der Waals surface area contributed by atoms with Crippen molar-refractivity contribution in [2.45, 2.75) is 6.92 Å². The van der Waals surface area contributed by atoms with Crippen LogP contribution in [0, 0.1) is 0 Å². The number of nitrogens with two attached hydrogens (primary N) is 1. The lowest BCUT2D eigenvalue weighted by Gasteiger charge is -1.96. The van der Waals surface area contributed by atoms with Gasteiger partial charge in [-0.15, -0.1) is 0 Å². The Morgan fingerprint density at radius 2 is 2.12 bits per heavy atom. The molecular weight excluding hydrogens is 234 g/mol. The number of fused-ring (bicyclic) bond motifs is 1. The quantitative estimate of drug-likeness (QED) is 0.365. The van der Waals surface area contributed by atoms with E-state index in [1.54, 1.807) is 0 Å². The second-order valence-corrected chi connectivity index (χ2v) is 4.23. The molecule has 5 heteroatoms. The summed E-state index contributed by atoms with van der Waals surface area (Å²) < 4.78 is 5.68. The van der Waals surface area contributed by atoms with Crippen LogP contribution in [0.1, 0.15) is 12.7 Å². The zero-order valence-corrected chi connectivity index (χ0v) is 10.5. The molecule has 0 fully saturated rings. The highest BCUT2D eigenvalue weighted by Gasteiger charge is 2.06. The number of hydrazone groups is 1. The number of hydrogen-bond acceptors (Lipinski definition) is 4. The monoisotopic (exact) mass is 247 g/mol. The molecule has 0 unspecified atom stereocenters. The Kier molecular flexibility index (Phi) is 3.49. The lowest BCUT2D eigenvalue weighted by atomic mass is 10.2. The standard InChI is InChI=1S/C12H13N3OS/c1-8(14-12(15-13)17-2)11-7-9-5-3-4-6-10(9)16-11/h3-7H,13H2,1-2H3/b14-8+,15-12-. The molecule has 1 heterocycles. The Labute approximate surface area is 104 Å². The van der Waals surface area contributed by atoms with Crippen molar-refractivity contribution in [2.75, 3.05) is 6.26 Å². The minimum atomic E-state index is 0.531. The Hall–Kier alpha value is -1.75. The molecule has 0 atom stereocenters. The van der Waals surface area contributed by atoms with Gasteiger partial charge in [0.15, 0.2) is 0 Å². The summed E-state index contributed by atoms with van der Waals surface area (Å²) in [6.45, 7) is 1.87. The summed E-state index contributed by atoms with van der Waals surface area (Å²) >= 11 is 1.40. The van der Waals surface area contributed by atoms with Crippen LogP contribution in [0.5, 0.6) is 0 Å². The number of amidine groups is 1. The molecule has 0 spiro atoms. The summed E-state index contributed by atoms with van der Waals surface area (Å²) in [6, 6.07) is 9.81. The predicted octanol–water partition coefficient (Wildman–Crippen LogP) is 2.83. The van der Waals surface area contributed by atoms with Crippen molar-refractivity contribution < 1.29 is 4.42 Å². The summed E-state index contributed by atoms with van der Waals surface area (Å²) in [4.78, 5) is 4.29. The van der Waals surface area contributed by atoms with Gasteiger partial charge in [0.25, 0.3) is 0 Å². The first kappa shape index (κ1) is 11.7. The van der Waals surface area contributed by atoms with Gasteiger partial charge in [0.05, 0.1) is 5.71 Å². The number of thioether (sulfide) groups is 1. The fraction of sp³-hybridized carbons (Fsp3) is 0.167. The van der Waals surface area contributed by atoms with Gasteiger partial charge in [-0.2, -0.15) is 5.10 Å². The van der Waals surface area contributed by atoms with Crippen LogP contribution in [0.3, 0.4) is 0 Å². The molecule has 0 bridgehead atoms. The first-order chi connectivity index (χ1) is 8.24. The second kappa shape index (κ2) is 5.05. The van der Waals surface area contributed by atoms with Gasteiger partial charge in [-0.3, -0.25) is 0 Å². The van der Waals surface area contributed by atoms with Gasteiger partial charge in [0.2, 0.25) is 5.17 Å². The van der Waals surface area contributed by atoms with Crippen LogP contribution in [-0.4, -0.2) is 17.1 Å². The zero-order chi connectivity index (χ0) is 12.3. The van der Waals surface area contributed by atoms with E-state index in [0.29, 0.717) is 5.17 Å². The third-order valence-electron chi connectivity index (χ3n) is 2.34. The summed E-state index contributed by atoms with van der Waals surface area (Å²) in [5.41, 5.74) is 1.62. The Morgan fingerprint density at radius 3 is 2.76 bits per heavy atom. The van der Waals surface area contributed by atoms with Gasteiger partial charge in [-0.25, -0.2) is 4.99 Å². The molecule has 0 aliphatic heterocycles. The molecule has 0 saturated heterocycles. The van der Waals surface area contributed by atoms with Crippen molar-refractivity contribution in [1.29, 1.82) is 0 Å². The van der Waals surface area contributed by atoms with Crippen molar-refractivity contribution in [2.24, 2.45) is 15.9 Å². The summed E-state index contributed by atoms with van der Waals surface area (Å²) in [5, 5.41) is 5.17. The number of para-hydroxylation sites is 1. The van der Waals surface area contributed by atoms with E-state index in [9.17, 15) is 0 Å². The van der Waals surface area contributed by atoms with Crippen molar-refractivity contribution >= 4 is 33.6 Å². The van der Waals surface area contributed by atoms with Gasteiger partial charge in [0.1, 0.15) is 11.3 Å². The van der Waals surface area contributed by atoms with E-state index in [4.69, 9.17) is 10.3 Å². The van der Waals surface area contributed by atoms with Crippen LogP contribution in [0.2, 0.25) is 0 Å². The highest BCUT2D eigenvalue weighted by molar-refractivity contribution is 8.13. The van der Waals surface area contributed by atoms with Crippen molar-refractivity contribution in [3.05, 3.63) is 36.1 Å². The third kappa shape index (κ3) is 2.50. The van der Waals surface area contributed by atoms with E-state index >= 15 is 0 Å². The van der Waals surface area contributed by atoms with E-state index in [1.807, 2.05) is 43.5 Å². The molecule has 0 radical (unpaired) electrons. The number of aliphatic imine (C=N–C) groups is 1. The summed E-state index contributed by atoms with van der Waals surface area (Å²) in [7, 11) is 0. The minimum Gasteiger partial charge on any atom is -0.455 e. The molecule has 88 valence electrons. The predicted molar refractivity (Wildman–Crippen MR) is 73.6 cm³/mol. The van der Waals surface area contributed by atoms with E-state index in [-0.39, 0.29) is 0 Å². The van der Waals surface area contributed by atoms with E-state index < -0.39 is 0 Å². The highest BCUT2D eigenvalue weighted by Crippen LogP contribution is 2.19. The van der Waals surface area contributed by atoms with Gasteiger partial charge in [0, 0.05) is 5.39 Å². The van der Waals surface area contributed by atoms with Crippen LogP contribution in [0.4, 0.5) is 0 Å². The number of rotatable bonds is 1. The maximum Gasteiger partial charge on any atom is 0.206 e. The Bertz CT molecular complexity index is 553. The fourth-order valence-electron chi connectivity index (χ4n) is 1.49. The second-order valence-electron chi connectivity index (χ2n) is 3.46. The van der Waals surface area contributed by atoms with Gasteiger partial charge in [-0.05, 0) is 25.3 Å². The van der Waals surface area contributed by atoms with E-state index in [1.165, 1.54) is 11.8 Å². The van der Waals surface area contributed by atoms with Crippen LogP contribution < -0.4 is 5.84 Å². The van der Waals surface area contributed by atoms with Crippen LogP contribution in [-0.2, 0) is 0 Å². The molecule has 17 heavy (non-hydrogen) atoms. The lowest BCUT2D eigenvalue weighted by molar-refractivity contribution is 0.604. The normalized spacial score (nSPS) is 13.3. The number of furan rings is 1. The van der Waals surface area contributed by atoms with Gasteiger partial charge in [-0.1, -0.05) is 30.0 Å². The molecule has 0 aliphatic rings. The Balaban J connectivity index is 2.39. The first-order valence-electron chi connectivity index (χ1n) is 5.10. The number of nitrogens with zero attached hydrogens (tertiary/aromatic N) is 2. The van der Waals surface area contributed by atoms with Gasteiger partial charge < -0.3 is 10.3 Å². The maximum absolute atomic E-state index is 5.68. The minimum absolute atomic E-state index is 0.531. The molecule has 0 saturated carbocycles. The van der Waals surface area contributed by atoms with E-state index in [0.717, 1.165) is 22.4 Å². The van der Waals surface area contributed by atoms with Crippen LogP contribution in [0.25, 0.3) is 11.0 Å². The van der Waals surface area contributed by atoms with Crippen LogP contribution >= 0.6 is 11.8 Å². The van der Waals surface area contributed by atoms with Crippen LogP contribution in [0.15, 0.2) is 44.8 Å². The zero-order valence-electron chi connectivity index (χ0n) is 9.68. The molecular formula is C12H13N3OS. The third-order valence-corrected chi connectivity index (χ3v) is 2.90. The molecule has 2 aromatic rings. The largest absolute Gasteiger partial charge is 0.455 e. The first-order valence-corrected chi connectivity index (χ1v) is 6.33. The smallest absolute Gasteiger partial charge is 0.206 e. The summed E-state index contributed by atoms with van der Waals surface area (Å²) in [6.07, 6.45) is 1.88. The van der Waals surface area contributed by atoms with Crippen molar-refractivity contribution in [1.82, 2.24) is 0 Å². The fourth-order valence-corrected chi connectivity index (χ4v) is 1.82. The average molecular weight is 247 g/mol. The Morgan fingerprint density at radius 1 is 1.35 bits per heavy atom. The molecule has 4 nitrogen and oxygen atoms in total. The molecule has 1 aromatic carbocycles. The molecule has 0 aliphatic carbocycles.